The SMILES string of the molecule is COc1nc2c(c(=O)n(C)c(=O)n2C)n1Cc1nnc(-c2cccc(C)c2)o1. The molecule has 0 N–H and O–H groups in total. The van der Waals surface area contributed by atoms with Crippen LogP contribution in [-0.4, -0.2) is 36.0 Å². The highest BCUT2D eigenvalue weighted by molar-refractivity contribution is 5.72. The Morgan fingerprint density at radius 2 is 1.93 bits per heavy atom. The van der Waals surface area contributed by atoms with E-state index < -0.39 is 11.2 Å². The lowest BCUT2D eigenvalue weighted by atomic mass is 10.1. The van der Waals surface area contributed by atoms with Crippen molar-refractivity contribution in [2.75, 3.05) is 7.11 Å². The summed E-state index contributed by atoms with van der Waals surface area (Å²) in [6.45, 7) is 2.05. The normalized spacial score (nSPS) is 11.3. The van der Waals surface area contributed by atoms with E-state index in [1.54, 1.807) is 7.05 Å². The van der Waals surface area contributed by atoms with Gasteiger partial charge in [-0.15, -0.1) is 10.2 Å². The fourth-order valence-corrected chi connectivity index (χ4v) is 3.08. The number of fused-ring (bicyclic) bond motifs is 1. The Hall–Kier alpha value is -3.69. The number of benzene rings is 1. The highest BCUT2D eigenvalue weighted by atomic mass is 16.5. The third-order valence-corrected chi connectivity index (χ3v) is 4.52. The van der Waals surface area contributed by atoms with Crippen LogP contribution in [0.4, 0.5) is 0 Å². The van der Waals surface area contributed by atoms with Crippen LogP contribution in [0.2, 0.25) is 0 Å². The van der Waals surface area contributed by atoms with Gasteiger partial charge in [0.25, 0.3) is 11.6 Å². The molecule has 0 aliphatic carbocycles. The maximum atomic E-state index is 12.7. The first-order valence-corrected chi connectivity index (χ1v) is 8.50. The molecule has 0 amide bonds. The van der Waals surface area contributed by atoms with E-state index >= 15 is 0 Å². The van der Waals surface area contributed by atoms with Gasteiger partial charge in [0.2, 0.25) is 11.8 Å². The monoisotopic (exact) mass is 382 g/mol. The number of ether oxygens (including phenoxy) is 1. The van der Waals surface area contributed by atoms with Crippen molar-refractivity contribution in [1.82, 2.24) is 28.9 Å². The van der Waals surface area contributed by atoms with Crippen LogP contribution >= 0.6 is 0 Å². The predicted molar refractivity (Wildman–Crippen MR) is 100 cm³/mol. The van der Waals surface area contributed by atoms with E-state index in [1.165, 1.54) is 23.3 Å². The molecule has 0 spiro atoms. The fraction of sp³-hybridized carbons (Fsp3) is 0.278. The first kappa shape index (κ1) is 17.7. The molecule has 0 unspecified atom stereocenters. The van der Waals surface area contributed by atoms with Gasteiger partial charge in [0, 0.05) is 19.7 Å². The summed E-state index contributed by atoms with van der Waals surface area (Å²) in [5, 5.41) is 8.16. The lowest BCUT2D eigenvalue weighted by Gasteiger charge is -2.06. The predicted octanol–water partition coefficient (Wildman–Crippen LogP) is 0.849. The zero-order chi connectivity index (χ0) is 20.0. The number of imidazole rings is 1. The first-order valence-electron chi connectivity index (χ1n) is 8.50. The zero-order valence-electron chi connectivity index (χ0n) is 15.8. The molecule has 0 saturated heterocycles. The molecule has 3 aromatic heterocycles. The Balaban J connectivity index is 1.83. The van der Waals surface area contributed by atoms with E-state index in [2.05, 4.69) is 15.2 Å². The minimum Gasteiger partial charge on any atom is -0.468 e. The Morgan fingerprint density at radius 1 is 1.14 bits per heavy atom. The van der Waals surface area contributed by atoms with E-state index in [4.69, 9.17) is 9.15 Å². The molecule has 0 aliphatic rings. The Morgan fingerprint density at radius 3 is 2.64 bits per heavy atom. The lowest BCUT2D eigenvalue weighted by Crippen LogP contribution is -2.37. The average Bonchev–Trinajstić information content (AvgIpc) is 3.30. The summed E-state index contributed by atoms with van der Waals surface area (Å²) in [6.07, 6.45) is 0. The second kappa shape index (κ2) is 6.48. The van der Waals surface area contributed by atoms with Crippen molar-refractivity contribution < 1.29 is 9.15 Å². The number of rotatable bonds is 4. The van der Waals surface area contributed by atoms with Crippen LogP contribution < -0.4 is 16.0 Å². The van der Waals surface area contributed by atoms with Crippen LogP contribution in [0.3, 0.4) is 0 Å². The van der Waals surface area contributed by atoms with E-state index in [9.17, 15) is 9.59 Å². The number of hydrogen-bond acceptors (Lipinski definition) is 7. The summed E-state index contributed by atoms with van der Waals surface area (Å²) >= 11 is 0. The van der Waals surface area contributed by atoms with Crippen LogP contribution in [0.25, 0.3) is 22.6 Å². The number of hydrogen-bond donors (Lipinski definition) is 0. The largest absolute Gasteiger partial charge is 0.468 e. The van der Waals surface area contributed by atoms with Gasteiger partial charge in [-0.3, -0.25) is 18.5 Å². The van der Waals surface area contributed by atoms with Gasteiger partial charge in [-0.25, -0.2) is 4.79 Å². The van der Waals surface area contributed by atoms with Crippen LogP contribution in [0.1, 0.15) is 11.5 Å². The molecule has 0 fully saturated rings. The average molecular weight is 382 g/mol. The van der Waals surface area contributed by atoms with Gasteiger partial charge in [-0.05, 0) is 19.1 Å². The van der Waals surface area contributed by atoms with Crippen LogP contribution in [-0.2, 0) is 20.6 Å². The minimum absolute atomic E-state index is 0.0753. The topological polar surface area (TPSA) is 110 Å². The van der Waals surface area contributed by atoms with Gasteiger partial charge in [-0.1, -0.05) is 17.7 Å². The quantitative estimate of drug-likeness (QED) is 0.514. The van der Waals surface area contributed by atoms with E-state index in [1.807, 2.05) is 31.2 Å². The van der Waals surface area contributed by atoms with Gasteiger partial charge in [0.15, 0.2) is 11.2 Å². The Bertz CT molecular complexity index is 1310. The number of methoxy groups -OCH3 is 1. The van der Waals surface area contributed by atoms with Crippen LogP contribution in [0, 0.1) is 6.92 Å². The molecule has 4 aromatic rings. The summed E-state index contributed by atoms with van der Waals surface area (Å²) in [5.74, 6) is 0.660. The molecule has 0 saturated carbocycles. The molecular weight excluding hydrogens is 364 g/mol. The lowest BCUT2D eigenvalue weighted by molar-refractivity contribution is 0.356. The van der Waals surface area contributed by atoms with Crippen LogP contribution in [0.5, 0.6) is 6.01 Å². The molecule has 0 bridgehead atoms. The molecule has 0 aliphatic heterocycles. The van der Waals surface area contributed by atoms with Crippen molar-refractivity contribution in [3.63, 3.8) is 0 Å². The smallest absolute Gasteiger partial charge is 0.332 e. The maximum Gasteiger partial charge on any atom is 0.332 e. The third-order valence-electron chi connectivity index (χ3n) is 4.52. The fourth-order valence-electron chi connectivity index (χ4n) is 3.08. The summed E-state index contributed by atoms with van der Waals surface area (Å²) in [6, 6.07) is 7.87. The highest BCUT2D eigenvalue weighted by Crippen LogP contribution is 2.22. The summed E-state index contributed by atoms with van der Waals surface area (Å²) in [7, 11) is 4.40. The molecule has 0 radical (unpaired) electrons. The van der Waals surface area contributed by atoms with Crippen LogP contribution in [0.15, 0.2) is 38.3 Å². The highest BCUT2D eigenvalue weighted by Gasteiger charge is 2.21. The molecule has 144 valence electrons. The van der Waals surface area contributed by atoms with Gasteiger partial charge >= 0.3 is 5.69 Å². The second-order valence-electron chi connectivity index (χ2n) is 6.43. The van der Waals surface area contributed by atoms with Crippen molar-refractivity contribution >= 4 is 11.2 Å². The van der Waals surface area contributed by atoms with Crippen molar-refractivity contribution in [1.29, 1.82) is 0 Å². The minimum atomic E-state index is -0.479. The molecule has 0 atom stereocenters. The van der Waals surface area contributed by atoms with E-state index in [-0.39, 0.29) is 29.6 Å². The summed E-state index contributed by atoms with van der Waals surface area (Å²) in [4.78, 5) is 29.1. The zero-order valence-corrected chi connectivity index (χ0v) is 15.8. The summed E-state index contributed by atoms with van der Waals surface area (Å²) < 4.78 is 14.9. The number of aryl methyl sites for hydroxylation is 2. The van der Waals surface area contributed by atoms with Crippen molar-refractivity contribution in [3.05, 3.63) is 56.6 Å². The molecule has 10 nitrogen and oxygen atoms in total. The van der Waals surface area contributed by atoms with Crippen molar-refractivity contribution in [2.24, 2.45) is 14.1 Å². The standard InChI is InChI=1S/C18H18N6O4/c1-10-6-5-7-11(8-10)15-21-20-12(28-15)9-24-13-14(19-17(24)27-4)22(2)18(26)23(3)16(13)25/h5-8H,9H2,1-4H3. The van der Waals surface area contributed by atoms with Crippen molar-refractivity contribution in [2.45, 2.75) is 13.5 Å². The molecular formula is C18H18N6O4. The second-order valence-corrected chi connectivity index (χ2v) is 6.43. The Labute approximate surface area is 158 Å². The molecule has 3 heterocycles. The Kier molecular flexibility index (Phi) is 4.10. The number of nitrogens with zero attached hydrogens (tertiary/aromatic N) is 6. The van der Waals surface area contributed by atoms with Gasteiger partial charge < -0.3 is 9.15 Å². The van der Waals surface area contributed by atoms with Gasteiger partial charge in [0.1, 0.15) is 6.54 Å². The van der Waals surface area contributed by atoms with Gasteiger partial charge in [-0.2, -0.15) is 4.98 Å². The molecule has 4 rings (SSSR count). The number of aromatic nitrogens is 6. The molecule has 28 heavy (non-hydrogen) atoms. The third kappa shape index (κ3) is 2.70. The van der Waals surface area contributed by atoms with E-state index in [0.717, 1.165) is 15.7 Å². The summed E-state index contributed by atoms with van der Waals surface area (Å²) in [5.41, 5.74) is 1.38. The molecule has 1 aromatic carbocycles. The first-order chi connectivity index (χ1) is 13.4. The van der Waals surface area contributed by atoms with E-state index in [0.29, 0.717) is 5.89 Å². The molecule has 10 heteroatoms. The van der Waals surface area contributed by atoms with Gasteiger partial charge in [0.05, 0.1) is 7.11 Å². The maximum absolute atomic E-state index is 12.7. The van der Waals surface area contributed by atoms with Crippen molar-refractivity contribution in [3.8, 4) is 17.5 Å².